The Hall–Kier alpha value is -11.2. The van der Waals surface area contributed by atoms with Gasteiger partial charge in [-0.1, -0.05) is 141 Å². The number of methoxy groups -OCH3 is 4. The smallest absolute Gasteiger partial charge is 0.311 e. The first-order valence-electron chi connectivity index (χ1n) is 33.8. The summed E-state index contributed by atoms with van der Waals surface area (Å²) in [5, 5.41) is 40.9. The van der Waals surface area contributed by atoms with Crippen LogP contribution in [0.1, 0.15) is 7.43 Å². The maximum atomic E-state index is 13.3. The number of hydrogen-bond acceptors (Lipinski definition) is 17. The summed E-state index contributed by atoms with van der Waals surface area (Å²) in [6.07, 6.45) is 0. The largest absolute Gasteiger partial charge is 0.508 e. The molecule has 0 unspecified atom stereocenters. The molecule has 1 saturated heterocycles. The molecule has 24 heteroatoms. The zero-order chi connectivity index (χ0) is 77.4. The predicted molar refractivity (Wildman–Crippen MR) is 444 cm³/mol. The van der Waals surface area contributed by atoms with Crippen LogP contribution in [-0.4, -0.2) is 111 Å². The number of rotatable bonds is 21. The van der Waals surface area contributed by atoms with E-state index in [9.17, 15) is 24.6 Å². The van der Waals surface area contributed by atoms with Crippen LogP contribution in [0.3, 0.4) is 0 Å². The number of benzene rings is 12. The molecule has 1 aliphatic rings. The van der Waals surface area contributed by atoms with Gasteiger partial charge < -0.3 is 66.7 Å². The summed E-state index contributed by atoms with van der Waals surface area (Å²) in [6.45, 7) is 5.31. The molecule has 0 saturated carbocycles. The van der Waals surface area contributed by atoms with Crippen LogP contribution < -0.4 is 49.1 Å². The van der Waals surface area contributed by atoms with Crippen LogP contribution in [0.5, 0.6) is 63.2 Å². The topological polar surface area (TPSA) is 236 Å². The van der Waals surface area contributed by atoms with Gasteiger partial charge in [0.1, 0.15) is 46.0 Å². The van der Waals surface area contributed by atoms with E-state index < -0.39 is 21.4 Å². The number of alkyl halides is 2. The summed E-state index contributed by atoms with van der Waals surface area (Å²) in [5.41, 5.74) is 15.0. The molecule has 1 aliphatic heterocycles. The molecule has 1 heterocycles. The standard InChI is InChI=1S/C23H24N2O2.C19H15NO4.C19H17NO2.C12H8FNO2.C7H8O2.C4H8Cl3N.CH4O.CH4.CH3.Pd/c1-26-20-8-10-21(11-9-20)27-23-17-19(18-5-3-2-4-6-18)7-12-22(23)25-15-13-24-14-16-25;1-23-16-8-10-17(11-9-16)24-19-13-15(7-12-18(19)20(21)22)14-5-3-2-4-6-14;1-21-16-8-10-17(11-9-16)22-19-13-15(7-12-18(19)20)14-5-3-2-4-6-14;13-11-8-10(6-7-12(11)14(15)16)9-4-2-1-3-5-9;1-9-7-4-2-6(8)3-5-7;5-1-3-8(7)4-2-6;1-2;;;/h2-12,17,24H,13-16H2,1H3;2-13H,1H3;2-13H,20H2,1H3;1-8H;2-5,8H,1H3;1-4H2;2H,1H3;1H4;1H3;/q;;;;;;;;-1;. The molecule has 1 fully saturated rings. The third-order valence-electron chi connectivity index (χ3n) is 15.7. The molecule has 586 valence electrons. The molecule has 12 aromatic carbocycles. The van der Waals surface area contributed by atoms with E-state index in [1.54, 1.807) is 93.5 Å². The molecule has 0 amide bonds. The van der Waals surface area contributed by atoms with Gasteiger partial charge in [0.2, 0.25) is 11.6 Å². The minimum absolute atomic E-state index is 0. The average Bonchev–Trinajstić information content (AvgIpc) is 0.845. The first-order chi connectivity index (χ1) is 52.6. The second kappa shape index (κ2) is 50.5. The maximum Gasteiger partial charge on any atom is 0.311 e. The summed E-state index contributed by atoms with van der Waals surface area (Å²) in [5.74, 6) is 7.37. The Morgan fingerprint density at radius 3 is 1.11 bits per heavy atom. The van der Waals surface area contributed by atoms with Crippen LogP contribution in [0.2, 0.25) is 0 Å². The first-order valence-corrected chi connectivity index (χ1v) is 35.2. The minimum Gasteiger partial charge on any atom is -0.508 e. The zero-order valence-corrected chi connectivity index (χ0v) is 65.3. The van der Waals surface area contributed by atoms with Crippen molar-refractivity contribution in [2.45, 2.75) is 7.43 Å². The molecule has 0 atom stereocenters. The molecule has 0 bridgehead atoms. The third-order valence-corrected chi connectivity index (χ3v) is 16.4. The van der Waals surface area contributed by atoms with Gasteiger partial charge in [0.25, 0.3) is 0 Å². The normalized spacial score (nSPS) is 10.6. The average molecular weight is 1660 g/mol. The molecule has 0 aliphatic carbocycles. The van der Waals surface area contributed by atoms with E-state index in [1.165, 1.54) is 29.8 Å². The van der Waals surface area contributed by atoms with Crippen LogP contribution in [-0.2, 0) is 20.4 Å². The number of anilines is 2. The molecule has 13 rings (SSSR count). The van der Waals surface area contributed by atoms with Gasteiger partial charge in [-0.25, -0.2) is 4.42 Å². The number of nitrogens with zero attached hydrogens (tertiary/aromatic N) is 4. The summed E-state index contributed by atoms with van der Waals surface area (Å²) in [6, 6.07) is 88.9. The monoisotopic (exact) mass is 1660 g/mol. The number of piperazine rings is 1. The van der Waals surface area contributed by atoms with Crippen molar-refractivity contribution in [1.82, 2.24) is 9.74 Å². The fraction of sp³-hybridized carbons (Fsp3) is 0.161. The van der Waals surface area contributed by atoms with Crippen LogP contribution in [0, 0.1) is 33.5 Å². The van der Waals surface area contributed by atoms with Crippen molar-refractivity contribution in [3.8, 4) is 108 Å². The number of nitrogens with one attached hydrogen (secondary N) is 1. The van der Waals surface area contributed by atoms with E-state index in [-0.39, 0.29) is 52.5 Å². The molecule has 19 nitrogen and oxygen atoms in total. The number of hydrogen-bond donors (Lipinski definition) is 4. The van der Waals surface area contributed by atoms with Gasteiger partial charge in [0.15, 0.2) is 11.5 Å². The Labute approximate surface area is 678 Å². The van der Waals surface area contributed by atoms with Crippen molar-refractivity contribution in [3.63, 3.8) is 0 Å². The molecule has 0 aromatic heterocycles. The van der Waals surface area contributed by atoms with E-state index in [1.807, 2.05) is 152 Å². The zero-order valence-electron chi connectivity index (χ0n) is 61.4. The van der Waals surface area contributed by atoms with Crippen LogP contribution in [0.25, 0.3) is 44.5 Å². The Morgan fingerprint density at radius 1 is 0.441 bits per heavy atom. The Balaban J connectivity index is 0.000000290. The Bertz CT molecular complexity index is 4630. The van der Waals surface area contributed by atoms with Crippen molar-refractivity contribution in [1.29, 1.82) is 0 Å². The Morgan fingerprint density at radius 2 is 0.748 bits per heavy atom. The van der Waals surface area contributed by atoms with Gasteiger partial charge in [-0.05, 0) is 202 Å². The second-order valence-corrected chi connectivity index (χ2v) is 24.1. The molecule has 0 radical (unpaired) electrons. The molecular formula is C87H91Cl3FN6O13Pd-. The fourth-order valence-corrected chi connectivity index (χ4v) is 11.0. The quantitative estimate of drug-likeness (QED) is 0.00995. The van der Waals surface area contributed by atoms with Gasteiger partial charge in [0.05, 0.1) is 49.7 Å². The van der Waals surface area contributed by atoms with Crippen molar-refractivity contribution < 1.29 is 78.0 Å². The number of phenols is 1. The van der Waals surface area contributed by atoms with E-state index >= 15 is 0 Å². The van der Waals surface area contributed by atoms with Crippen molar-refractivity contribution in [3.05, 3.63) is 325 Å². The number of nitrogen functional groups attached to an aromatic ring is 1. The first kappa shape index (κ1) is 92.2. The molecule has 5 N–H and O–H groups in total. The molecule has 12 aromatic rings. The summed E-state index contributed by atoms with van der Waals surface area (Å²) < 4.78 is 53.2. The van der Waals surface area contributed by atoms with Crippen LogP contribution >= 0.6 is 35.0 Å². The van der Waals surface area contributed by atoms with Gasteiger partial charge in [-0.3, -0.25) is 20.2 Å². The predicted octanol–water partition coefficient (Wildman–Crippen LogP) is 21.8. The summed E-state index contributed by atoms with van der Waals surface area (Å²) >= 11 is 16.3. The molecule has 0 spiro atoms. The Kier molecular flexibility index (Phi) is 41.9. The van der Waals surface area contributed by atoms with Crippen LogP contribution in [0.15, 0.2) is 291 Å². The number of aliphatic hydroxyl groups excluding tert-OH is 1. The number of aromatic hydroxyl groups is 1. The van der Waals surface area contributed by atoms with E-state index in [4.69, 9.17) is 84.1 Å². The number of phenolic OH excluding ortho intramolecular Hbond substituents is 1. The number of aliphatic hydroxyl groups is 1. The van der Waals surface area contributed by atoms with Gasteiger partial charge in [-0.15, -0.1) is 23.2 Å². The van der Waals surface area contributed by atoms with Crippen molar-refractivity contribution >= 4 is 57.7 Å². The molecule has 111 heavy (non-hydrogen) atoms. The van der Waals surface area contributed by atoms with Crippen molar-refractivity contribution in [2.75, 3.05) is 97.2 Å². The van der Waals surface area contributed by atoms with E-state index in [0.717, 1.165) is 107 Å². The molecular weight excluding hydrogens is 1570 g/mol. The maximum absolute atomic E-state index is 13.3. The van der Waals surface area contributed by atoms with Gasteiger partial charge >= 0.3 is 11.4 Å². The summed E-state index contributed by atoms with van der Waals surface area (Å²) in [4.78, 5) is 22.9. The number of ether oxygens (including phenoxy) is 7. The number of nitrogens with two attached hydrogens (primary N) is 1. The fourth-order valence-electron chi connectivity index (χ4n) is 10.2. The summed E-state index contributed by atoms with van der Waals surface area (Å²) in [7, 11) is 7.47. The van der Waals surface area contributed by atoms with E-state index in [2.05, 4.69) is 64.8 Å². The van der Waals surface area contributed by atoms with Crippen LogP contribution in [0.4, 0.5) is 27.1 Å². The SMILES string of the molecule is C.CO.COc1ccc(O)cc1.COc1ccc(Oc2cc(-c3ccccc3)ccc2N)cc1.COc1ccc(Oc2cc(-c3ccccc3)ccc2N2CCNCC2)cc1.COc1ccc(Oc2cc(-c3ccccc3)ccc2[N+](=O)[O-])cc1.ClCCN(Cl)CCCl.O=[N+]([O-])c1ccc(-c2ccccc2)cc1F.[CH3-].[Pd]. The van der Waals surface area contributed by atoms with E-state index in [0.29, 0.717) is 53.3 Å². The van der Waals surface area contributed by atoms with Crippen molar-refractivity contribution in [2.24, 2.45) is 0 Å². The minimum atomic E-state index is -0.814. The number of nitro groups is 2. The second-order valence-electron chi connectivity index (χ2n) is 22.8. The number of nitro benzene ring substituents is 2. The van der Waals surface area contributed by atoms with Gasteiger partial charge in [-0.2, -0.15) is 4.39 Å². The third kappa shape index (κ3) is 30.3. The van der Waals surface area contributed by atoms with Gasteiger partial charge in [0, 0.05) is 90.7 Å². The number of halogens is 4.